The van der Waals surface area contributed by atoms with Crippen LogP contribution in [0, 0.1) is 52.3 Å². The lowest BCUT2D eigenvalue weighted by atomic mass is 9.43. The lowest BCUT2D eigenvalue weighted by molar-refractivity contribution is -0.412. The molecule has 30 nitrogen and oxygen atoms in total. The van der Waals surface area contributed by atoms with Crippen LogP contribution in [0.4, 0.5) is 0 Å². The predicted octanol–water partition coefficient (Wildman–Crippen LogP) is -7.14. The summed E-state index contributed by atoms with van der Waals surface area (Å²) in [4.78, 5) is 0. The summed E-state index contributed by atoms with van der Waals surface area (Å²) in [6, 6.07) is 0. The molecular formula is C57H94O30. The van der Waals surface area contributed by atoms with Crippen molar-refractivity contribution in [1.82, 2.24) is 0 Å². The molecule has 30 heteroatoms. The zero-order chi connectivity index (χ0) is 62.7. The maximum Gasteiger partial charge on any atom is 0.187 e. The van der Waals surface area contributed by atoms with Gasteiger partial charge in [-0.2, -0.15) is 0 Å². The Morgan fingerprint density at radius 3 is 1.48 bits per heavy atom. The summed E-state index contributed by atoms with van der Waals surface area (Å²) in [6.45, 7) is 4.85. The molecule has 0 bridgehead atoms. The number of ether oxygens (including phenoxy) is 12. The van der Waals surface area contributed by atoms with Crippen molar-refractivity contribution in [2.45, 2.75) is 263 Å². The molecule has 11 fully saturated rings. The van der Waals surface area contributed by atoms with Crippen LogP contribution in [0.15, 0.2) is 0 Å². The van der Waals surface area contributed by atoms with Gasteiger partial charge < -0.3 is 149 Å². The van der Waals surface area contributed by atoms with Crippen LogP contribution >= 0.6 is 0 Å². The van der Waals surface area contributed by atoms with Crippen molar-refractivity contribution in [2.24, 2.45) is 52.3 Å². The van der Waals surface area contributed by atoms with Crippen molar-refractivity contribution in [3.8, 4) is 0 Å². The van der Waals surface area contributed by atoms with E-state index in [0.717, 1.165) is 32.1 Å². The standard InChI is InChI=1S/C57H94O30/c1-19-5-8-57(76-18-19)20(2)34-28(87-57)10-23-21-9-25(63)24-11-27(26(64)12-56(24,4)22(21)6-7-55(23,34)3)77-50-44(74)41(71)46(33(17-62)82-50)83-54-49(48(38(68)32(16-61)81-54)85-52-43(73)40(70)36(66)30(14-59)79-52)86-53-45(75)47(37(67)31(15-60)80-53)84-51-42(72)39(69)35(65)29(13-58)78-51/h19-54,58-75H,5-18H2,1-4H3/t19-,20+,21-,22+,23+,24-,25-,26-,27-,28+,29-,30-,31-,32-,33-,34+,35-,36-,37-,38-,39?,40+,41?,42?,43-,44?,45?,46+,47+,48+,49-,50-,51+,52+,53+,54+,55+,56-,57-/m1/s1. The normalized spacial score (nSPS) is 57.9. The van der Waals surface area contributed by atoms with Crippen LogP contribution in [0.2, 0.25) is 0 Å². The molecule has 0 aromatic carbocycles. The highest BCUT2D eigenvalue weighted by Gasteiger charge is 2.71. The number of aliphatic hydroxyl groups excluding tert-OH is 18. The second-order valence-electron chi connectivity index (χ2n) is 27.4. The van der Waals surface area contributed by atoms with Gasteiger partial charge in [-0.15, -0.1) is 0 Å². The van der Waals surface area contributed by atoms with Gasteiger partial charge in [0, 0.05) is 12.3 Å². The van der Waals surface area contributed by atoms with E-state index in [9.17, 15) is 91.9 Å². The van der Waals surface area contributed by atoms with E-state index in [1.165, 1.54) is 0 Å². The van der Waals surface area contributed by atoms with E-state index >= 15 is 0 Å². The molecule has 0 radical (unpaired) electrons. The lowest BCUT2D eigenvalue weighted by Gasteiger charge is -2.63. The third-order valence-electron chi connectivity index (χ3n) is 22.6. The maximum atomic E-state index is 12.2. The van der Waals surface area contributed by atoms with E-state index < -0.39 is 216 Å². The number of hydrogen-bond acceptors (Lipinski definition) is 30. The maximum absolute atomic E-state index is 12.2. The van der Waals surface area contributed by atoms with E-state index in [1.54, 1.807) is 0 Å². The number of fused-ring (bicyclic) bond motifs is 7. The van der Waals surface area contributed by atoms with Gasteiger partial charge in [0.15, 0.2) is 37.2 Å². The van der Waals surface area contributed by atoms with Gasteiger partial charge in [0.05, 0.1) is 64.1 Å². The third-order valence-corrected chi connectivity index (χ3v) is 22.6. The molecule has 5 unspecified atom stereocenters. The largest absolute Gasteiger partial charge is 0.394 e. The Balaban J connectivity index is 0.810. The molecule has 0 aromatic rings. The van der Waals surface area contributed by atoms with Gasteiger partial charge >= 0.3 is 0 Å². The Morgan fingerprint density at radius 2 is 0.908 bits per heavy atom. The monoisotopic (exact) mass is 1260 g/mol. The number of rotatable bonds is 15. The summed E-state index contributed by atoms with van der Waals surface area (Å²) in [5, 5.41) is 199. The summed E-state index contributed by atoms with van der Waals surface area (Å²) in [5.41, 5.74) is -0.554. The fourth-order valence-corrected chi connectivity index (χ4v) is 17.7. The SMILES string of the molecule is C[C@@H]1CC[C@@]2(OC1)O[C@H]1C[C@H]3[C@@H]4C[C@@H](O)[C@H]5C[C@@H](O[C@@H]6O[C@H](CO)[C@H](O[C@@H]7O[C@H](CO)[C@@H](O)[C@H](O[C@@H]8O[C@H](CO)[C@@H](O)[C@H](O)[C@H]8O)[C@H]7O[C@@H]7O[C@H](CO)[C@@H](O)[C@H](O[C@@H]8O[C@H](CO)[C@@H](O)C(O)C8O)C7O)C(O)C6O)[C@H](O)C[C@]5(C)[C@H]4CC[C@]3(C)[C@H]1[C@@H]2C. The zero-order valence-electron chi connectivity index (χ0n) is 49.1. The quantitative estimate of drug-likeness (QED) is 0.0678. The Hall–Kier alpha value is -1.20. The van der Waals surface area contributed by atoms with Crippen molar-refractivity contribution in [3.63, 3.8) is 0 Å². The first-order chi connectivity index (χ1) is 41.3. The molecule has 0 amide bonds. The smallest absolute Gasteiger partial charge is 0.187 e. The van der Waals surface area contributed by atoms with E-state index in [4.69, 9.17) is 56.8 Å². The van der Waals surface area contributed by atoms with Crippen molar-refractivity contribution in [2.75, 3.05) is 39.6 Å². The first kappa shape index (κ1) is 67.2. The number of aliphatic hydroxyl groups is 18. The van der Waals surface area contributed by atoms with Gasteiger partial charge in [0.2, 0.25) is 0 Å². The fraction of sp³-hybridized carbons (Fsp3) is 1.00. The van der Waals surface area contributed by atoms with Crippen LogP contribution in [0.25, 0.3) is 0 Å². The summed E-state index contributed by atoms with van der Waals surface area (Å²) >= 11 is 0. The highest BCUT2D eigenvalue weighted by Crippen LogP contribution is 2.71. The Kier molecular flexibility index (Phi) is 20.2. The first-order valence-corrected chi connectivity index (χ1v) is 31.0. The van der Waals surface area contributed by atoms with Crippen LogP contribution < -0.4 is 0 Å². The van der Waals surface area contributed by atoms with E-state index in [1.807, 2.05) is 0 Å². The predicted molar refractivity (Wildman–Crippen MR) is 284 cm³/mol. The Morgan fingerprint density at radius 1 is 0.414 bits per heavy atom. The molecule has 1 spiro atoms. The van der Waals surface area contributed by atoms with Crippen LogP contribution in [0.1, 0.15) is 79.1 Å². The lowest BCUT2D eigenvalue weighted by Crippen LogP contribution is -2.69. The van der Waals surface area contributed by atoms with E-state index in [0.29, 0.717) is 24.9 Å². The molecule has 502 valence electrons. The van der Waals surface area contributed by atoms with Crippen molar-refractivity contribution < 1.29 is 149 Å². The molecular weight excluding hydrogens is 1160 g/mol. The van der Waals surface area contributed by atoms with Crippen molar-refractivity contribution in [1.29, 1.82) is 0 Å². The minimum absolute atomic E-state index is 0.0338. The molecule has 11 rings (SSSR count). The van der Waals surface area contributed by atoms with Crippen molar-refractivity contribution >= 4 is 0 Å². The van der Waals surface area contributed by atoms with Crippen molar-refractivity contribution in [3.05, 3.63) is 0 Å². The molecule has 7 aliphatic heterocycles. The molecule has 4 saturated carbocycles. The number of hydrogen-bond donors (Lipinski definition) is 18. The molecule has 11 aliphatic rings. The van der Waals surface area contributed by atoms with Gasteiger partial charge in [0.1, 0.15) is 122 Å². The highest BCUT2D eigenvalue weighted by molar-refractivity contribution is 5.17. The highest BCUT2D eigenvalue weighted by atomic mass is 16.8. The average molecular weight is 1260 g/mol. The van der Waals surface area contributed by atoms with Gasteiger partial charge in [0.25, 0.3) is 0 Å². The topological polar surface area (TPSA) is 475 Å². The first-order valence-electron chi connectivity index (χ1n) is 31.0. The second-order valence-corrected chi connectivity index (χ2v) is 27.4. The average Bonchev–Trinajstić information content (AvgIpc) is 1.59. The van der Waals surface area contributed by atoms with Gasteiger partial charge in [-0.3, -0.25) is 0 Å². The Bertz CT molecular complexity index is 2270. The summed E-state index contributed by atoms with van der Waals surface area (Å²) in [5.74, 6) is 0.680. The van der Waals surface area contributed by atoms with Gasteiger partial charge in [-0.05, 0) is 91.3 Å². The second kappa shape index (κ2) is 26.2. The molecule has 4 aliphatic carbocycles. The summed E-state index contributed by atoms with van der Waals surface area (Å²) in [7, 11) is 0. The molecule has 7 heterocycles. The molecule has 7 saturated heterocycles. The molecule has 0 aromatic heterocycles. The van der Waals surface area contributed by atoms with Gasteiger partial charge in [-0.1, -0.05) is 27.7 Å². The summed E-state index contributed by atoms with van der Waals surface area (Å²) in [6.07, 6.45) is -46.2. The van der Waals surface area contributed by atoms with Gasteiger partial charge in [-0.25, -0.2) is 0 Å². The fourth-order valence-electron chi connectivity index (χ4n) is 17.7. The third kappa shape index (κ3) is 11.7. The van der Waals surface area contributed by atoms with Crippen LogP contribution in [0.5, 0.6) is 0 Å². The van der Waals surface area contributed by atoms with E-state index in [-0.39, 0.29) is 54.0 Å². The Labute approximate surface area is 502 Å². The van der Waals surface area contributed by atoms with E-state index in [2.05, 4.69) is 27.7 Å². The summed E-state index contributed by atoms with van der Waals surface area (Å²) < 4.78 is 73.0. The zero-order valence-corrected chi connectivity index (χ0v) is 49.1. The van der Waals surface area contributed by atoms with Crippen LogP contribution in [0.3, 0.4) is 0 Å². The van der Waals surface area contributed by atoms with Crippen LogP contribution in [-0.4, -0.2) is 315 Å². The minimum Gasteiger partial charge on any atom is -0.394 e. The molecule has 87 heavy (non-hydrogen) atoms. The molecule has 39 atom stereocenters. The molecule has 18 N–H and O–H groups in total. The van der Waals surface area contributed by atoms with Crippen LogP contribution in [-0.2, 0) is 56.8 Å². The minimum atomic E-state index is -2.26.